The zero-order valence-corrected chi connectivity index (χ0v) is 14.0. The molecule has 0 radical (unpaired) electrons. The van der Waals surface area contributed by atoms with E-state index in [0.717, 1.165) is 11.6 Å². The number of hydrogen-bond donors (Lipinski definition) is 1. The number of nitro groups is 1. The number of aromatic nitrogens is 1. The quantitative estimate of drug-likeness (QED) is 0.312. The first-order valence-corrected chi connectivity index (χ1v) is 7.74. The summed E-state index contributed by atoms with van der Waals surface area (Å²) in [7, 11) is 0. The van der Waals surface area contributed by atoms with Gasteiger partial charge in [0.1, 0.15) is 11.4 Å². The third-order valence-electron chi connectivity index (χ3n) is 3.51. The highest BCUT2D eigenvalue weighted by Crippen LogP contribution is 2.24. The van der Waals surface area contributed by atoms with E-state index in [9.17, 15) is 14.9 Å². The lowest BCUT2D eigenvalue weighted by Gasteiger charge is -2.03. The number of nitrogens with two attached hydrogens (primary N) is 1. The van der Waals surface area contributed by atoms with Crippen molar-refractivity contribution in [1.29, 1.82) is 0 Å². The molecule has 0 aliphatic rings. The number of halogens is 1. The fourth-order valence-corrected chi connectivity index (χ4v) is 2.31. The second kappa shape index (κ2) is 7.24. The monoisotopic (exact) mass is 373 g/mol. The van der Waals surface area contributed by atoms with E-state index < -0.39 is 10.9 Å². The second-order valence-electron chi connectivity index (χ2n) is 5.29. The summed E-state index contributed by atoms with van der Waals surface area (Å²) < 4.78 is 10.2. The van der Waals surface area contributed by atoms with Gasteiger partial charge in [0.2, 0.25) is 0 Å². The van der Waals surface area contributed by atoms with Crippen molar-refractivity contribution in [3.05, 3.63) is 75.0 Å². The molecule has 0 saturated heterocycles. The molecule has 9 heteroatoms. The largest absolute Gasteiger partial charge is 0.454 e. The number of benzene rings is 2. The van der Waals surface area contributed by atoms with Gasteiger partial charge in [0.05, 0.1) is 10.5 Å². The van der Waals surface area contributed by atoms with Crippen LogP contribution in [0, 0.1) is 10.1 Å². The lowest BCUT2D eigenvalue weighted by molar-refractivity contribution is -0.383. The van der Waals surface area contributed by atoms with E-state index in [-0.39, 0.29) is 23.5 Å². The normalized spacial score (nSPS) is 10.5. The summed E-state index contributed by atoms with van der Waals surface area (Å²) in [4.78, 5) is 22.3. The van der Waals surface area contributed by atoms with Crippen molar-refractivity contribution in [3.8, 4) is 11.3 Å². The lowest BCUT2D eigenvalue weighted by atomic mass is 10.1. The standard InChI is InChI=1S/C17H12ClN3O5/c18-12-4-1-10(2-5-12)15-8-13(26-20-15)9-25-17(22)11-3-6-14(19)16(7-11)21(23)24/h1-8H,9,19H2. The fraction of sp³-hybridized carbons (Fsp3) is 0.0588. The van der Waals surface area contributed by atoms with Crippen LogP contribution in [0.15, 0.2) is 53.1 Å². The zero-order chi connectivity index (χ0) is 18.7. The van der Waals surface area contributed by atoms with Crippen LogP contribution in [-0.2, 0) is 11.3 Å². The van der Waals surface area contributed by atoms with Gasteiger partial charge < -0.3 is 15.0 Å². The summed E-state index contributed by atoms with van der Waals surface area (Å²) in [6.07, 6.45) is 0. The number of carbonyl (C=O) groups is 1. The number of hydrogen-bond acceptors (Lipinski definition) is 7. The summed E-state index contributed by atoms with van der Waals surface area (Å²) in [5, 5.41) is 15.4. The first kappa shape index (κ1) is 17.4. The molecule has 0 saturated carbocycles. The molecule has 0 spiro atoms. The number of nitro benzene ring substituents is 1. The minimum atomic E-state index is -0.738. The summed E-state index contributed by atoms with van der Waals surface area (Å²) in [6.45, 7) is -0.169. The van der Waals surface area contributed by atoms with Crippen molar-refractivity contribution in [2.75, 3.05) is 5.73 Å². The van der Waals surface area contributed by atoms with Gasteiger partial charge in [-0.1, -0.05) is 28.9 Å². The minimum Gasteiger partial charge on any atom is -0.454 e. The van der Waals surface area contributed by atoms with Gasteiger partial charge in [-0.15, -0.1) is 0 Å². The Labute approximate surface area is 152 Å². The number of anilines is 1. The molecule has 1 heterocycles. The minimum absolute atomic E-state index is 0.0170. The molecule has 0 aliphatic heterocycles. The molecule has 3 aromatic rings. The van der Waals surface area contributed by atoms with Gasteiger partial charge in [0, 0.05) is 22.7 Å². The third kappa shape index (κ3) is 3.81. The van der Waals surface area contributed by atoms with Crippen LogP contribution in [0.5, 0.6) is 0 Å². The van der Waals surface area contributed by atoms with E-state index in [1.165, 1.54) is 12.1 Å². The maximum Gasteiger partial charge on any atom is 0.338 e. The van der Waals surface area contributed by atoms with Gasteiger partial charge >= 0.3 is 5.97 Å². The van der Waals surface area contributed by atoms with Crippen LogP contribution in [-0.4, -0.2) is 16.0 Å². The molecule has 132 valence electrons. The second-order valence-corrected chi connectivity index (χ2v) is 5.73. The van der Waals surface area contributed by atoms with Crippen molar-refractivity contribution in [2.24, 2.45) is 0 Å². The highest BCUT2D eigenvalue weighted by atomic mass is 35.5. The first-order chi connectivity index (χ1) is 12.4. The van der Waals surface area contributed by atoms with Crippen molar-refractivity contribution < 1.29 is 19.0 Å². The van der Waals surface area contributed by atoms with Gasteiger partial charge in [-0.25, -0.2) is 4.79 Å². The Bertz CT molecular complexity index is 969. The van der Waals surface area contributed by atoms with E-state index in [2.05, 4.69) is 5.16 Å². The van der Waals surface area contributed by atoms with Crippen LogP contribution in [0.4, 0.5) is 11.4 Å². The molecule has 0 unspecified atom stereocenters. The van der Waals surface area contributed by atoms with Crippen LogP contribution < -0.4 is 5.73 Å². The lowest BCUT2D eigenvalue weighted by Crippen LogP contribution is -2.06. The number of esters is 1. The van der Waals surface area contributed by atoms with Crippen molar-refractivity contribution in [3.63, 3.8) is 0 Å². The molecule has 0 aliphatic carbocycles. The van der Waals surface area contributed by atoms with E-state index in [0.29, 0.717) is 16.5 Å². The Morgan fingerprint density at radius 2 is 1.96 bits per heavy atom. The molecule has 0 fully saturated rings. The Morgan fingerprint density at radius 1 is 1.23 bits per heavy atom. The van der Waals surface area contributed by atoms with Crippen molar-refractivity contribution in [1.82, 2.24) is 5.16 Å². The Hall–Kier alpha value is -3.39. The van der Waals surface area contributed by atoms with Crippen LogP contribution in [0.1, 0.15) is 16.1 Å². The molecule has 8 nitrogen and oxygen atoms in total. The zero-order valence-electron chi connectivity index (χ0n) is 13.2. The van der Waals surface area contributed by atoms with Crippen LogP contribution >= 0.6 is 11.6 Å². The molecule has 0 atom stereocenters. The smallest absolute Gasteiger partial charge is 0.338 e. The highest BCUT2D eigenvalue weighted by Gasteiger charge is 2.17. The van der Waals surface area contributed by atoms with Crippen LogP contribution in [0.25, 0.3) is 11.3 Å². The molecule has 2 N–H and O–H groups in total. The third-order valence-corrected chi connectivity index (χ3v) is 3.76. The fourth-order valence-electron chi connectivity index (χ4n) is 2.19. The molecule has 0 bridgehead atoms. The van der Waals surface area contributed by atoms with E-state index in [4.69, 9.17) is 26.6 Å². The van der Waals surface area contributed by atoms with E-state index in [1.807, 2.05) is 0 Å². The number of carbonyl (C=O) groups excluding carboxylic acids is 1. The maximum atomic E-state index is 12.1. The summed E-state index contributed by atoms with van der Waals surface area (Å²) in [5.74, 6) is -0.411. The summed E-state index contributed by atoms with van der Waals surface area (Å²) >= 11 is 5.84. The van der Waals surface area contributed by atoms with Crippen molar-refractivity contribution >= 4 is 28.9 Å². The molecular formula is C17H12ClN3O5. The predicted molar refractivity (Wildman–Crippen MR) is 93.6 cm³/mol. The average Bonchev–Trinajstić information content (AvgIpc) is 3.09. The number of nitrogen functional groups attached to an aromatic ring is 1. The average molecular weight is 374 g/mol. The Morgan fingerprint density at radius 3 is 2.65 bits per heavy atom. The summed E-state index contributed by atoms with van der Waals surface area (Å²) in [6, 6.07) is 12.3. The van der Waals surface area contributed by atoms with E-state index in [1.54, 1.807) is 30.3 Å². The molecule has 1 aromatic heterocycles. The topological polar surface area (TPSA) is 121 Å². The SMILES string of the molecule is Nc1ccc(C(=O)OCc2cc(-c3ccc(Cl)cc3)no2)cc1[N+](=O)[O-]. The van der Waals surface area contributed by atoms with Gasteiger partial charge in [0.25, 0.3) is 5.69 Å². The van der Waals surface area contributed by atoms with Gasteiger partial charge in [-0.3, -0.25) is 10.1 Å². The van der Waals surface area contributed by atoms with Crippen molar-refractivity contribution in [2.45, 2.75) is 6.61 Å². The Balaban J connectivity index is 1.68. The van der Waals surface area contributed by atoms with E-state index >= 15 is 0 Å². The summed E-state index contributed by atoms with van der Waals surface area (Å²) in [5.41, 5.74) is 6.49. The predicted octanol–water partition coefficient (Wildman–Crippen LogP) is 3.84. The molecular weight excluding hydrogens is 362 g/mol. The first-order valence-electron chi connectivity index (χ1n) is 7.36. The Kier molecular flexibility index (Phi) is 4.85. The van der Waals surface area contributed by atoms with Gasteiger partial charge in [0.15, 0.2) is 12.4 Å². The molecule has 0 amide bonds. The van der Waals surface area contributed by atoms with Crippen LogP contribution in [0.2, 0.25) is 5.02 Å². The van der Waals surface area contributed by atoms with Crippen LogP contribution in [0.3, 0.4) is 0 Å². The number of ether oxygens (including phenoxy) is 1. The number of rotatable bonds is 5. The highest BCUT2D eigenvalue weighted by molar-refractivity contribution is 6.30. The molecule has 3 rings (SSSR count). The number of nitrogens with zero attached hydrogens (tertiary/aromatic N) is 2. The van der Waals surface area contributed by atoms with Gasteiger partial charge in [-0.2, -0.15) is 0 Å². The molecule has 26 heavy (non-hydrogen) atoms. The maximum absolute atomic E-state index is 12.1. The van der Waals surface area contributed by atoms with Gasteiger partial charge in [-0.05, 0) is 24.3 Å². The molecule has 2 aromatic carbocycles.